The van der Waals surface area contributed by atoms with E-state index in [1.165, 1.54) is 17.7 Å². The molecule has 2 aromatic carbocycles. The van der Waals surface area contributed by atoms with Gasteiger partial charge in [-0.3, -0.25) is 0 Å². The summed E-state index contributed by atoms with van der Waals surface area (Å²) < 4.78 is 57.1. The maximum absolute atomic E-state index is 13.1. The predicted molar refractivity (Wildman–Crippen MR) is 114 cm³/mol. The van der Waals surface area contributed by atoms with Crippen molar-refractivity contribution in [3.8, 4) is 11.5 Å². The molecule has 1 saturated carbocycles. The Balaban J connectivity index is 1.47. The van der Waals surface area contributed by atoms with E-state index in [1.807, 2.05) is 6.07 Å². The standard InChI is InChI=1S/C25H26F3NO4/c1-14-19(32-23(30)15-5-4-6-17(11-15)25(26,27)28)12-20-24(14)9-10-29(2)13-16-7-8-18(31-3)22(33-20)21(16)24/h4-8,11,14,19-20H,9-10,12-13H2,1-3H3/t14?,19-,20?,24-/m1/s1. The first-order valence-corrected chi connectivity index (χ1v) is 11.1. The zero-order valence-electron chi connectivity index (χ0n) is 18.7. The van der Waals surface area contributed by atoms with E-state index < -0.39 is 23.8 Å². The maximum atomic E-state index is 13.1. The highest BCUT2D eigenvalue weighted by molar-refractivity contribution is 5.89. The Labute approximate surface area is 190 Å². The highest BCUT2D eigenvalue weighted by Gasteiger charge is 2.62. The van der Waals surface area contributed by atoms with Crippen molar-refractivity contribution in [2.24, 2.45) is 5.92 Å². The molecule has 2 aliphatic heterocycles. The second-order valence-electron chi connectivity index (χ2n) is 9.31. The number of rotatable bonds is 3. The molecule has 0 aromatic heterocycles. The van der Waals surface area contributed by atoms with E-state index in [1.54, 1.807) is 7.11 Å². The fraction of sp³-hybridized carbons (Fsp3) is 0.480. The highest BCUT2D eigenvalue weighted by Crippen LogP contribution is 2.61. The van der Waals surface area contributed by atoms with Gasteiger partial charge in [-0.15, -0.1) is 0 Å². The number of hydrogen-bond donors (Lipinski definition) is 0. The van der Waals surface area contributed by atoms with Crippen LogP contribution in [0.3, 0.4) is 0 Å². The number of hydrogen-bond acceptors (Lipinski definition) is 5. The van der Waals surface area contributed by atoms with Crippen LogP contribution in [-0.4, -0.2) is 43.8 Å². The molecule has 1 spiro atoms. The fourth-order valence-corrected chi connectivity index (χ4v) is 5.90. The lowest BCUT2D eigenvalue weighted by molar-refractivity contribution is -0.137. The molecule has 0 saturated heterocycles. The maximum Gasteiger partial charge on any atom is 0.416 e. The Kier molecular flexibility index (Phi) is 5.12. The van der Waals surface area contributed by atoms with E-state index in [2.05, 4.69) is 24.9 Å². The molecule has 2 aromatic rings. The van der Waals surface area contributed by atoms with Gasteiger partial charge in [0.1, 0.15) is 12.2 Å². The summed E-state index contributed by atoms with van der Waals surface area (Å²) >= 11 is 0. The molecule has 2 unspecified atom stereocenters. The van der Waals surface area contributed by atoms with Crippen LogP contribution in [0.1, 0.15) is 46.8 Å². The number of esters is 1. The lowest BCUT2D eigenvalue weighted by Crippen LogP contribution is -2.40. The summed E-state index contributed by atoms with van der Waals surface area (Å²) in [5.74, 6) is 0.642. The van der Waals surface area contributed by atoms with Gasteiger partial charge in [0.15, 0.2) is 11.5 Å². The fourth-order valence-electron chi connectivity index (χ4n) is 5.90. The Hall–Kier alpha value is -2.74. The first-order chi connectivity index (χ1) is 15.6. The molecular formula is C25H26F3NO4. The summed E-state index contributed by atoms with van der Waals surface area (Å²) in [7, 11) is 3.70. The Bertz CT molecular complexity index is 1100. The van der Waals surface area contributed by atoms with Crippen molar-refractivity contribution in [1.29, 1.82) is 0 Å². The minimum atomic E-state index is -4.52. The SMILES string of the molecule is COc1ccc2c3c1OC1C[C@@H](OC(=O)c4cccc(C(F)(F)F)c4)C(C)[C@@]31CCN(C)C2. The number of nitrogens with zero attached hydrogens (tertiary/aromatic N) is 1. The second-order valence-corrected chi connectivity index (χ2v) is 9.31. The average Bonchev–Trinajstić information content (AvgIpc) is 3.17. The molecule has 5 nitrogen and oxygen atoms in total. The number of alkyl halides is 3. The van der Waals surface area contributed by atoms with Gasteiger partial charge in [-0.1, -0.05) is 19.1 Å². The van der Waals surface area contributed by atoms with Crippen LogP contribution in [0, 0.1) is 5.92 Å². The average molecular weight is 461 g/mol. The monoisotopic (exact) mass is 461 g/mol. The van der Waals surface area contributed by atoms with Gasteiger partial charge in [-0.25, -0.2) is 4.79 Å². The Morgan fingerprint density at radius 1 is 1.24 bits per heavy atom. The zero-order valence-corrected chi connectivity index (χ0v) is 18.7. The third-order valence-electron chi connectivity index (χ3n) is 7.58. The molecule has 5 rings (SSSR count). The van der Waals surface area contributed by atoms with Gasteiger partial charge in [0.25, 0.3) is 0 Å². The van der Waals surface area contributed by atoms with Crippen LogP contribution in [-0.2, 0) is 22.9 Å². The quantitative estimate of drug-likeness (QED) is 0.614. The van der Waals surface area contributed by atoms with Crippen LogP contribution in [0.5, 0.6) is 11.5 Å². The molecule has 33 heavy (non-hydrogen) atoms. The van der Waals surface area contributed by atoms with E-state index in [-0.39, 0.29) is 23.0 Å². The summed E-state index contributed by atoms with van der Waals surface area (Å²) in [6, 6.07) is 8.37. The van der Waals surface area contributed by atoms with Gasteiger partial charge < -0.3 is 19.1 Å². The van der Waals surface area contributed by atoms with E-state index >= 15 is 0 Å². The van der Waals surface area contributed by atoms with Crippen LogP contribution in [0.25, 0.3) is 0 Å². The third kappa shape index (κ3) is 3.38. The van der Waals surface area contributed by atoms with Crippen molar-refractivity contribution >= 4 is 5.97 Å². The predicted octanol–water partition coefficient (Wildman–Crippen LogP) is 4.81. The van der Waals surface area contributed by atoms with Crippen molar-refractivity contribution in [2.75, 3.05) is 20.7 Å². The largest absolute Gasteiger partial charge is 0.493 e. The summed E-state index contributed by atoms with van der Waals surface area (Å²) in [5.41, 5.74) is 0.984. The topological polar surface area (TPSA) is 48.0 Å². The minimum Gasteiger partial charge on any atom is -0.493 e. The first-order valence-electron chi connectivity index (χ1n) is 11.1. The molecule has 1 aliphatic carbocycles. The van der Waals surface area contributed by atoms with Gasteiger partial charge in [0, 0.05) is 29.9 Å². The van der Waals surface area contributed by atoms with Gasteiger partial charge in [0.05, 0.1) is 18.2 Å². The molecule has 4 atom stereocenters. The minimum absolute atomic E-state index is 0.0733. The number of carbonyl (C=O) groups excluding carboxylic acids is 1. The van der Waals surface area contributed by atoms with Gasteiger partial charge in [-0.2, -0.15) is 13.2 Å². The molecule has 0 amide bonds. The summed E-state index contributed by atoms with van der Waals surface area (Å²) in [6.07, 6.45) is -3.87. The molecule has 0 radical (unpaired) electrons. The van der Waals surface area contributed by atoms with Gasteiger partial charge in [0.2, 0.25) is 0 Å². The molecule has 1 fully saturated rings. The molecule has 8 heteroatoms. The van der Waals surface area contributed by atoms with E-state index in [9.17, 15) is 18.0 Å². The number of methoxy groups -OCH3 is 1. The molecular weight excluding hydrogens is 435 g/mol. The van der Waals surface area contributed by atoms with Crippen molar-refractivity contribution in [3.05, 3.63) is 58.7 Å². The molecule has 0 bridgehead atoms. The highest BCUT2D eigenvalue weighted by atomic mass is 19.4. The third-order valence-corrected chi connectivity index (χ3v) is 7.58. The van der Waals surface area contributed by atoms with Crippen molar-refractivity contribution in [2.45, 2.75) is 50.1 Å². The van der Waals surface area contributed by atoms with Crippen LogP contribution < -0.4 is 9.47 Å². The van der Waals surface area contributed by atoms with Gasteiger partial charge >= 0.3 is 12.1 Å². The van der Waals surface area contributed by atoms with Crippen LogP contribution in [0.4, 0.5) is 13.2 Å². The van der Waals surface area contributed by atoms with Crippen LogP contribution in [0.15, 0.2) is 36.4 Å². The van der Waals surface area contributed by atoms with E-state index in [0.29, 0.717) is 12.2 Å². The summed E-state index contributed by atoms with van der Waals surface area (Å²) in [5, 5.41) is 0. The number of carbonyl (C=O) groups is 1. The Morgan fingerprint density at radius 2 is 2.03 bits per heavy atom. The summed E-state index contributed by atoms with van der Waals surface area (Å²) in [4.78, 5) is 15.1. The number of ether oxygens (including phenoxy) is 3. The molecule has 3 aliphatic rings. The van der Waals surface area contributed by atoms with Gasteiger partial charge in [-0.05, 0) is 49.8 Å². The lowest BCUT2D eigenvalue weighted by atomic mass is 9.69. The first kappa shape index (κ1) is 22.1. The van der Waals surface area contributed by atoms with Crippen molar-refractivity contribution < 1.29 is 32.2 Å². The van der Waals surface area contributed by atoms with Crippen LogP contribution >= 0.6 is 0 Å². The smallest absolute Gasteiger partial charge is 0.416 e. The summed E-state index contributed by atoms with van der Waals surface area (Å²) in [6.45, 7) is 3.69. The van der Waals surface area contributed by atoms with Crippen molar-refractivity contribution in [3.63, 3.8) is 0 Å². The van der Waals surface area contributed by atoms with Crippen LogP contribution in [0.2, 0.25) is 0 Å². The zero-order chi connectivity index (χ0) is 23.5. The van der Waals surface area contributed by atoms with Crippen molar-refractivity contribution in [1.82, 2.24) is 4.90 Å². The van der Waals surface area contributed by atoms with E-state index in [4.69, 9.17) is 14.2 Å². The second kappa shape index (κ2) is 7.65. The molecule has 2 heterocycles. The Morgan fingerprint density at radius 3 is 2.76 bits per heavy atom. The lowest BCUT2D eigenvalue weighted by Gasteiger charge is -2.34. The normalized spacial score (nSPS) is 28.5. The number of halogens is 3. The molecule has 0 N–H and O–H groups in total. The number of benzene rings is 2. The van der Waals surface area contributed by atoms with E-state index in [0.717, 1.165) is 43.0 Å². The molecule has 176 valence electrons.